The van der Waals surface area contributed by atoms with Crippen LogP contribution in [0.25, 0.3) is 0 Å². The van der Waals surface area contributed by atoms with Gasteiger partial charge in [-0.15, -0.1) is 0 Å². The fourth-order valence-electron chi connectivity index (χ4n) is 0.342. The zero-order valence-corrected chi connectivity index (χ0v) is 6.64. The van der Waals surface area contributed by atoms with E-state index in [-0.39, 0.29) is 35.5 Å². The molecule has 1 aromatic carbocycles. The maximum Gasteiger partial charge on any atom is 2.00 e. The van der Waals surface area contributed by atoms with E-state index in [0.717, 1.165) is 0 Å². The summed E-state index contributed by atoms with van der Waals surface area (Å²) in [4.78, 5) is 0. The van der Waals surface area contributed by atoms with Crippen LogP contribution < -0.4 is 12.4 Å². The number of benzene rings is 1. The van der Waals surface area contributed by atoms with Gasteiger partial charge in [0.1, 0.15) is 0 Å². The number of rotatable bonds is 0. The second kappa shape index (κ2) is 7.28. The van der Waals surface area contributed by atoms with E-state index in [1.165, 1.54) is 0 Å². The van der Waals surface area contributed by atoms with E-state index < -0.39 is 0 Å². The molecule has 1 aromatic rings. The zero-order chi connectivity index (χ0) is 4.24. The molecule has 38 valence electrons. The van der Waals surface area contributed by atoms with Gasteiger partial charge < -0.3 is 12.4 Å². The van der Waals surface area contributed by atoms with Crippen LogP contribution in [0.3, 0.4) is 0 Å². The van der Waals surface area contributed by atoms with Crippen molar-refractivity contribution in [2.24, 2.45) is 0 Å². The first kappa shape index (κ1) is 11.1. The molecule has 0 heterocycles. The number of hydrogen-bond acceptors (Lipinski definition) is 0. The molecular weight excluding hydrogens is 132 g/mol. The first-order chi connectivity index (χ1) is 3.00. The Kier molecular flexibility index (Phi) is 10.1. The monoisotopic (exact) mass is 136 g/mol. The Balaban J connectivity index is 0. The Morgan fingerprint density at radius 1 is 0.875 bits per heavy atom. The molecule has 0 bridgehead atoms. The predicted molar refractivity (Wildman–Crippen MR) is 31.0 cm³/mol. The van der Waals surface area contributed by atoms with E-state index in [1.54, 1.807) is 0 Å². The van der Waals surface area contributed by atoms with Crippen LogP contribution in [0.2, 0.25) is 0 Å². The van der Waals surface area contributed by atoms with Gasteiger partial charge in [-0.25, -0.2) is 0 Å². The maximum absolute atomic E-state index is 2.89. The molecule has 0 saturated carbocycles. The Hall–Kier alpha value is 0.276. The van der Waals surface area contributed by atoms with Crippen LogP contribution in [0.4, 0.5) is 0 Å². The summed E-state index contributed by atoms with van der Waals surface area (Å²) in [7, 11) is 0. The van der Waals surface area contributed by atoms with Crippen molar-refractivity contribution < 1.29 is 12.4 Å². The van der Waals surface area contributed by atoms with Gasteiger partial charge in [-0.2, -0.15) is 36.4 Å². The molecule has 0 aromatic heterocycles. The maximum atomic E-state index is 2.89. The normalized spacial score (nSPS) is 6.00. The molecule has 0 atom stereocenters. The molecular formula is C6H5ClMg. The molecule has 0 unspecified atom stereocenters. The van der Waals surface area contributed by atoms with E-state index in [1.807, 2.05) is 30.3 Å². The van der Waals surface area contributed by atoms with E-state index in [4.69, 9.17) is 0 Å². The van der Waals surface area contributed by atoms with E-state index in [2.05, 4.69) is 6.07 Å². The third kappa shape index (κ3) is 4.44. The standard InChI is InChI=1S/C6H5.ClH.Mg/c1-2-4-6-5-3-1;;/h1-5H;1H;/q-1;;+2/p-1. The Labute approximate surface area is 71.9 Å². The van der Waals surface area contributed by atoms with Crippen molar-refractivity contribution in [3.8, 4) is 0 Å². The summed E-state index contributed by atoms with van der Waals surface area (Å²) in [6.45, 7) is 0. The van der Waals surface area contributed by atoms with E-state index >= 15 is 0 Å². The second-order valence-corrected chi connectivity index (χ2v) is 1.08. The van der Waals surface area contributed by atoms with Crippen molar-refractivity contribution in [3.63, 3.8) is 0 Å². The van der Waals surface area contributed by atoms with Gasteiger partial charge in [0.15, 0.2) is 0 Å². The number of halogens is 1. The van der Waals surface area contributed by atoms with Gasteiger partial charge in [-0.3, -0.25) is 0 Å². The summed E-state index contributed by atoms with van der Waals surface area (Å²) < 4.78 is 0. The molecule has 0 nitrogen and oxygen atoms in total. The Morgan fingerprint density at radius 3 is 1.50 bits per heavy atom. The largest absolute Gasteiger partial charge is 2.00 e. The summed E-state index contributed by atoms with van der Waals surface area (Å²) in [6.07, 6.45) is 0. The van der Waals surface area contributed by atoms with Crippen LogP contribution in [0.15, 0.2) is 30.3 Å². The first-order valence-corrected chi connectivity index (χ1v) is 1.91. The summed E-state index contributed by atoms with van der Waals surface area (Å²) in [5.41, 5.74) is 0. The fourth-order valence-corrected chi connectivity index (χ4v) is 0.342. The molecule has 2 heteroatoms. The summed E-state index contributed by atoms with van der Waals surface area (Å²) in [6, 6.07) is 12.5. The van der Waals surface area contributed by atoms with Crippen molar-refractivity contribution >= 4 is 23.1 Å². The first-order valence-electron chi connectivity index (χ1n) is 1.91. The van der Waals surface area contributed by atoms with Crippen molar-refractivity contribution in [2.45, 2.75) is 0 Å². The Morgan fingerprint density at radius 2 is 1.38 bits per heavy atom. The van der Waals surface area contributed by atoms with Gasteiger partial charge in [-0.05, 0) is 0 Å². The van der Waals surface area contributed by atoms with E-state index in [9.17, 15) is 0 Å². The minimum absolute atomic E-state index is 0. The van der Waals surface area contributed by atoms with Gasteiger partial charge in [-0.1, -0.05) is 0 Å². The van der Waals surface area contributed by atoms with Crippen LogP contribution in [-0.2, 0) is 0 Å². The van der Waals surface area contributed by atoms with Crippen molar-refractivity contribution in [2.75, 3.05) is 0 Å². The third-order valence-corrected chi connectivity index (χ3v) is 0.607. The molecule has 0 fully saturated rings. The van der Waals surface area contributed by atoms with Gasteiger partial charge >= 0.3 is 23.1 Å². The van der Waals surface area contributed by atoms with Crippen molar-refractivity contribution in [1.82, 2.24) is 0 Å². The average Bonchev–Trinajstić information content (AvgIpc) is 1.72. The van der Waals surface area contributed by atoms with Crippen LogP contribution in [-0.4, -0.2) is 23.1 Å². The molecule has 0 aliphatic heterocycles. The average molecular weight is 137 g/mol. The summed E-state index contributed by atoms with van der Waals surface area (Å²) in [5.74, 6) is 0. The van der Waals surface area contributed by atoms with Gasteiger partial charge in [0.05, 0.1) is 0 Å². The summed E-state index contributed by atoms with van der Waals surface area (Å²) >= 11 is 0. The molecule has 0 aliphatic rings. The van der Waals surface area contributed by atoms with Crippen LogP contribution in [0.1, 0.15) is 0 Å². The molecule has 1 rings (SSSR count). The van der Waals surface area contributed by atoms with E-state index in [0.29, 0.717) is 0 Å². The van der Waals surface area contributed by atoms with Crippen LogP contribution >= 0.6 is 0 Å². The fraction of sp³-hybridized carbons (Fsp3) is 0. The number of hydrogen-bond donors (Lipinski definition) is 0. The molecule has 8 heavy (non-hydrogen) atoms. The molecule has 0 aliphatic carbocycles. The van der Waals surface area contributed by atoms with Gasteiger partial charge in [0.2, 0.25) is 0 Å². The second-order valence-electron chi connectivity index (χ2n) is 1.08. The molecule has 0 saturated heterocycles. The molecule has 0 spiro atoms. The van der Waals surface area contributed by atoms with Crippen LogP contribution in [0.5, 0.6) is 0 Å². The van der Waals surface area contributed by atoms with Crippen molar-refractivity contribution in [3.05, 3.63) is 36.4 Å². The molecule has 0 radical (unpaired) electrons. The van der Waals surface area contributed by atoms with Gasteiger partial charge in [0.25, 0.3) is 0 Å². The van der Waals surface area contributed by atoms with Crippen molar-refractivity contribution in [1.29, 1.82) is 0 Å². The minimum atomic E-state index is 0. The quantitative estimate of drug-likeness (QED) is 0.289. The van der Waals surface area contributed by atoms with Crippen LogP contribution in [0, 0.1) is 6.07 Å². The molecule has 0 amide bonds. The Bertz CT molecular complexity index is 80.5. The topological polar surface area (TPSA) is 0 Å². The summed E-state index contributed by atoms with van der Waals surface area (Å²) in [5, 5.41) is 0. The third-order valence-electron chi connectivity index (χ3n) is 0.607. The zero-order valence-electron chi connectivity index (χ0n) is 4.47. The minimum Gasteiger partial charge on any atom is -1.00 e. The van der Waals surface area contributed by atoms with Gasteiger partial charge in [0, 0.05) is 0 Å². The molecule has 0 N–H and O–H groups in total. The smallest absolute Gasteiger partial charge is 1.00 e. The predicted octanol–water partition coefficient (Wildman–Crippen LogP) is -1.89. The SMILES string of the molecule is [Cl-].[Mg+2].[c-]1ccccc1.